The highest BCUT2D eigenvalue weighted by Crippen LogP contribution is 2.44. The first-order valence-electron chi connectivity index (χ1n) is 16.3. The number of halogens is 2. The second kappa shape index (κ2) is 12.6. The van der Waals surface area contributed by atoms with Gasteiger partial charge in [-0.3, -0.25) is 10.1 Å². The Morgan fingerprint density at radius 1 is 1.02 bits per heavy atom. The molecule has 7 rings (SSSR count). The van der Waals surface area contributed by atoms with E-state index in [4.69, 9.17) is 37.7 Å². The van der Waals surface area contributed by atoms with Gasteiger partial charge in [0.1, 0.15) is 29.0 Å². The Labute approximate surface area is 295 Å². The SMILES string of the molecule is C[C@@H](Oc1ccc2[nH]nc(-c3ccc(N4CC5(C4)CN(S(=O)(=O)C4CCN(C(=O)OC(C)(C)C)CC4)C5)nc3)c2c1)c1c(Cl)cncc1Cl. The minimum atomic E-state index is -3.43. The van der Waals surface area contributed by atoms with E-state index in [2.05, 4.69) is 20.1 Å². The van der Waals surface area contributed by atoms with E-state index in [-0.39, 0.29) is 11.5 Å². The van der Waals surface area contributed by atoms with Crippen LogP contribution < -0.4 is 9.64 Å². The molecule has 3 saturated heterocycles. The summed E-state index contributed by atoms with van der Waals surface area (Å²) in [7, 11) is -3.43. The molecule has 15 heteroatoms. The monoisotopic (exact) mass is 727 g/mol. The van der Waals surface area contributed by atoms with Gasteiger partial charge in [-0.15, -0.1) is 0 Å². The van der Waals surface area contributed by atoms with Crippen molar-refractivity contribution in [2.24, 2.45) is 5.41 Å². The first-order valence-corrected chi connectivity index (χ1v) is 18.6. The zero-order valence-corrected chi connectivity index (χ0v) is 30.1. The molecule has 1 spiro atoms. The molecule has 1 N–H and O–H groups in total. The maximum absolute atomic E-state index is 13.4. The zero-order chi connectivity index (χ0) is 34.7. The number of sulfonamides is 1. The number of aromatic amines is 1. The number of piperidine rings is 1. The van der Waals surface area contributed by atoms with Crippen LogP contribution in [0.15, 0.2) is 48.9 Å². The van der Waals surface area contributed by atoms with Crippen molar-refractivity contribution < 1.29 is 22.7 Å². The number of rotatable bonds is 7. The van der Waals surface area contributed by atoms with Crippen LogP contribution in [0.2, 0.25) is 10.0 Å². The molecule has 0 unspecified atom stereocenters. The van der Waals surface area contributed by atoms with Gasteiger partial charge in [-0.2, -0.15) is 5.10 Å². The Kier molecular flexibility index (Phi) is 8.69. The number of nitrogens with zero attached hydrogens (tertiary/aromatic N) is 6. The lowest BCUT2D eigenvalue weighted by atomic mass is 9.74. The molecule has 12 nitrogen and oxygen atoms in total. The van der Waals surface area contributed by atoms with Crippen molar-refractivity contribution in [3.05, 3.63) is 64.5 Å². The number of nitrogens with one attached hydrogen (secondary N) is 1. The van der Waals surface area contributed by atoms with Crippen LogP contribution in [-0.2, 0) is 14.8 Å². The van der Waals surface area contributed by atoms with Gasteiger partial charge in [0.2, 0.25) is 10.0 Å². The Bertz CT molecular complexity index is 1960. The van der Waals surface area contributed by atoms with E-state index in [1.807, 2.05) is 64.2 Å². The van der Waals surface area contributed by atoms with Gasteiger partial charge in [-0.25, -0.2) is 22.5 Å². The number of likely N-dealkylation sites (tertiary alicyclic amines) is 1. The van der Waals surface area contributed by atoms with Gasteiger partial charge in [0.25, 0.3) is 0 Å². The summed E-state index contributed by atoms with van der Waals surface area (Å²) in [6.07, 6.45) is 4.95. The summed E-state index contributed by atoms with van der Waals surface area (Å²) in [5, 5.41) is 8.94. The normalized spacial score (nSPS) is 19.1. The van der Waals surface area contributed by atoms with Crippen LogP contribution in [0.25, 0.3) is 22.2 Å². The smallest absolute Gasteiger partial charge is 0.410 e. The maximum Gasteiger partial charge on any atom is 0.410 e. The lowest BCUT2D eigenvalue weighted by molar-refractivity contribution is 0.0206. The van der Waals surface area contributed by atoms with Crippen molar-refractivity contribution in [3.63, 3.8) is 0 Å². The number of benzene rings is 1. The predicted molar refractivity (Wildman–Crippen MR) is 189 cm³/mol. The average Bonchev–Trinajstić information content (AvgIpc) is 3.42. The number of carbonyl (C=O) groups is 1. The molecule has 1 atom stereocenters. The minimum absolute atomic E-state index is 0.0543. The first-order chi connectivity index (χ1) is 23.2. The van der Waals surface area contributed by atoms with Gasteiger partial charge in [0.15, 0.2) is 0 Å². The Morgan fingerprint density at radius 2 is 1.71 bits per heavy atom. The highest BCUT2D eigenvalue weighted by molar-refractivity contribution is 7.89. The van der Waals surface area contributed by atoms with E-state index in [1.165, 1.54) is 0 Å². The van der Waals surface area contributed by atoms with E-state index in [1.54, 1.807) is 21.6 Å². The molecule has 4 aromatic rings. The van der Waals surface area contributed by atoms with Gasteiger partial charge in [-0.1, -0.05) is 23.2 Å². The molecule has 3 fully saturated rings. The number of amides is 1. The van der Waals surface area contributed by atoms with Crippen molar-refractivity contribution in [1.82, 2.24) is 29.4 Å². The maximum atomic E-state index is 13.4. The molecule has 3 aromatic heterocycles. The summed E-state index contributed by atoms with van der Waals surface area (Å²) in [5.74, 6) is 1.49. The van der Waals surface area contributed by atoms with E-state index >= 15 is 0 Å². The number of anilines is 1. The molecule has 49 heavy (non-hydrogen) atoms. The number of aromatic nitrogens is 4. The second-order valence-corrected chi connectivity index (χ2v) is 17.3. The quantitative estimate of drug-likeness (QED) is 0.232. The molecule has 0 aliphatic carbocycles. The van der Waals surface area contributed by atoms with Crippen molar-refractivity contribution in [1.29, 1.82) is 0 Å². The number of pyridine rings is 2. The van der Waals surface area contributed by atoms with E-state index in [0.717, 1.165) is 41.1 Å². The molecule has 0 radical (unpaired) electrons. The molecule has 0 saturated carbocycles. The van der Waals surface area contributed by atoms with Gasteiger partial charge >= 0.3 is 6.09 Å². The summed E-state index contributed by atoms with van der Waals surface area (Å²) in [6, 6.07) is 9.69. The van der Waals surface area contributed by atoms with E-state index in [9.17, 15) is 13.2 Å². The Balaban J connectivity index is 0.942. The third kappa shape index (κ3) is 6.65. The van der Waals surface area contributed by atoms with Gasteiger partial charge in [0.05, 0.1) is 20.8 Å². The third-order valence-corrected chi connectivity index (χ3v) is 12.3. The lowest BCUT2D eigenvalue weighted by Crippen LogP contribution is -2.73. The molecule has 3 aliphatic heterocycles. The molecule has 3 aliphatic rings. The van der Waals surface area contributed by atoms with Crippen LogP contribution in [-0.4, -0.2) is 94.0 Å². The summed E-state index contributed by atoms with van der Waals surface area (Å²) >= 11 is 12.7. The highest BCUT2D eigenvalue weighted by atomic mass is 35.5. The lowest BCUT2D eigenvalue weighted by Gasteiger charge is -2.60. The summed E-state index contributed by atoms with van der Waals surface area (Å²) in [4.78, 5) is 24.9. The second-order valence-electron chi connectivity index (χ2n) is 14.3. The fourth-order valence-corrected chi connectivity index (χ4v) is 9.76. The molecular formula is C34H39Cl2N7O5S. The predicted octanol–water partition coefficient (Wildman–Crippen LogP) is 6.32. The van der Waals surface area contributed by atoms with E-state index < -0.39 is 27.0 Å². The molecule has 260 valence electrons. The topological polar surface area (TPSA) is 134 Å². The van der Waals surface area contributed by atoms with Crippen LogP contribution >= 0.6 is 23.2 Å². The van der Waals surface area contributed by atoms with Gasteiger partial charge in [0, 0.05) is 79.8 Å². The minimum Gasteiger partial charge on any atom is -0.486 e. The molecule has 0 bridgehead atoms. The van der Waals surface area contributed by atoms with Crippen molar-refractivity contribution in [2.45, 2.75) is 57.5 Å². The van der Waals surface area contributed by atoms with Crippen molar-refractivity contribution in [2.75, 3.05) is 44.2 Å². The molecule has 1 aromatic carbocycles. The fraction of sp³-hybridized carbons (Fsp3) is 0.471. The third-order valence-electron chi connectivity index (χ3n) is 9.44. The van der Waals surface area contributed by atoms with Crippen LogP contribution in [0, 0.1) is 5.41 Å². The number of fused-ring (bicyclic) bond motifs is 1. The van der Waals surface area contributed by atoms with Crippen molar-refractivity contribution >= 4 is 56.0 Å². The van der Waals surface area contributed by atoms with Gasteiger partial charge in [-0.05, 0) is 70.9 Å². The zero-order valence-electron chi connectivity index (χ0n) is 27.8. The fourth-order valence-electron chi connectivity index (χ4n) is 6.95. The van der Waals surface area contributed by atoms with Crippen LogP contribution in [0.3, 0.4) is 0 Å². The summed E-state index contributed by atoms with van der Waals surface area (Å²) < 4.78 is 40.1. The van der Waals surface area contributed by atoms with E-state index in [0.29, 0.717) is 60.4 Å². The number of carbonyl (C=O) groups excluding carboxylic acids is 1. The Morgan fingerprint density at radius 3 is 2.35 bits per heavy atom. The molecule has 1 amide bonds. The average molecular weight is 729 g/mol. The summed E-state index contributed by atoms with van der Waals surface area (Å²) in [5.41, 5.74) is 2.51. The Hall–Kier alpha value is -3.65. The molecular weight excluding hydrogens is 689 g/mol. The number of hydrogen-bond donors (Lipinski definition) is 1. The number of ether oxygens (including phenoxy) is 2. The number of hydrogen-bond acceptors (Lipinski definition) is 9. The largest absolute Gasteiger partial charge is 0.486 e. The highest BCUT2D eigenvalue weighted by Gasteiger charge is 2.56. The van der Waals surface area contributed by atoms with Crippen LogP contribution in [0.1, 0.15) is 52.2 Å². The summed E-state index contributed by atoms with van der Waals surface area (Å²) in [6.45, 7) is 10.6. The van der Waals surface area contributed by atoms with Crippen LogP contribution in [0.5, 0.6) is 5.75 Å². The molecule has 6 heterocycles. The van der Waals surface area contributed by atoms with Crippen molar-refractivity contribution in [3.8, 4) is 17.0 Å². The van der Waals surface area contributed by atoms with Crippen LogP contribution in [0.4, 0.5) is 10.6 Å². The first kappa shape index (κ1) is 33.8. The number of H-pyrrole nitrogens is 1. The standard InChI is InChI=1S/C34H39Cl2N7O5S/c1-21(30-26(35)15-37-16-27(30)36)47-23-6-7-28-25(13-23)31(40-39-28)22-5-8-29(38-14-22)42-17-34(18-42)19-43(20-34)49(45,46)24-9-11-41(12-10-24)32(44)48-33(2,3)4/h5-8,13-16,21,24H,9-12,17-20H2,1-4H3,(H,39,40)/t21-/m1/s1. The van der Waals surface area contributed by atoms with Gasteiger partial charge < -0.3 is 19.3 Å².